The van der Waals surface area contributed by atoms with Crippen LogP contribution in [0.25, 0.3) is 11.5 Å². The van der Waals surface area contributed by atoms with Crippen LogP contribution in [-0.4, -0.2) is 48.5 Å². The Morgan fingerprint density at radius 2 is 1.87 bits per heavy atom. The molecule has 0 bridgehead atoms. The zero-order valence-electron chi connectivity index (χ0n) is 14.5. The van der Waals surface area contributed by atoms with Crippen molar-refractivity contribution < 1.29 is 4.42 Å². The summed E-state index contributed by atoms with van der Waals surface area (Å²) in [7, 11) is 4.32. The van der Waals surface area contributed by atoms with Crippen LogP contribution in [0, 0.1) is 12.8 Å². The van der Waals surface area contributed by atoms with Gasteiger partial charge in [-0.25, -0.2) is 4.98 Å². The van der Waals surface area contributed by atoms with Crippen molar-refractivity contribution in [2.24, 2.45) is 5.92 Å². The third-order valence-corrected chi connectivity index (χ3v) is 4.57. The maximum Gasteiger partial charge on any atom is 0.226 e. The van der Waals surface area contributed by atoms with Gasteiger partial charge in [0.25, 0.3) is 0 Å². The second kappa shape index (κ2) is 7.28. The molecule has 1 aromatic heterocycles. The number of benzene rings is 1. The van der Waals surface area contributed by atoms with Crippen LogP contribution in [0.4, 0.5) is 0 Å². The Kier molecular flexibility index (Phi) is 5.13. The Labute approximate surface area is 139 Å². The van der Waals surface area contributed by atoms with Gasteiger partial charge in [0.05, 0.1) is 5.69 Å². The molecule has 1 aliphatic rings. The van der Waals surface area contributed by atoms with Crippen molar-refractivity contribution in [3.63, 3.8) is 0 Å². The predicted molar refractivity (Wildman–Crippen MR) is 93.2 cm³/mol. The van der Waals surface area contributed by atoms with Crippen molar-refractivity contribution in [3.05, 3.63) is 41.8 Å². The summed E-state index contributed by atoms with van der Waals surface area (Å²) in [5.74, 6) is 1.56. The second-order valence-corrected chi connectivity index (χ2v) is 6.99. The summed E-state index contributed by atoms with van der Waals surface area (Å²) in [4.78, 5) is 9.44. The van der Waals surface area contributed by atoms with Crippen molar-refractivity contribution in [2.45, 2.75) is 26.3 Å². The zero-order valence-corrected chi connectivity index (χ0v) is 14.5. The molecule has 1 fully saturated rings. The fourth-order valence-corrected chi connectivity index (χ4v) is 3.28. The average molecular weight is 313 g/mol. The number of oxazole rings is 1. The van der Waals surface area contributed by atoms with Crippen molar-refractivity contribution in [2.75, 3.05) is 33.7 Å². The lowest BCUT2D eigenvalue weighted by molar-refractivity contribution is 0.155. The lowest BCUT2D eigenvalue weighted by atomic mass is 9.96. The maximum absolute atomic E-state index is 5.66. The molecular weight excluding hydrogens is 286 g/mol. The molecule has 0 radical (unpaired) electrons. The first-order chi connectivity index (χ1) is 11.1. The molecule has 124 valence electrons. The van der Waals surface area contributed by atoms with E-state index in [0.717, 1.165) is 42.7 Å². The first kappa shape index (κ1) is 16.2. The molecule has 1 aliphatic heterocycles. The van der Waals surface area contributed by atoms with E-state index >= 15 is 0 Å². The van der Waals surface area contributed by atoms with Crippen LogP contribution in [0.3, 0.4) is 0 Å². The zero-order chi connectivity index (χ0) is 16.2. The number of rotatable bonds is 5. The minimum absolute atomic E-state index is 0.725. The largest absolute Gasteiger partial charge is 0.444 e. The third-order valence-electron chi connectivity index (χ3n) is 4.57. The van der Waals surface area contributed by atoms with Gasteiger partial charge in [0.2, 0.25) is 5.89 Å². The van der Waals surface area contributed by atoms with E-state index in [1.165, 1.54) is 24.9 Å². The molecule has 2 heterocycles. The average Bonchev–Trinajstić information content (AvgIpc) is 2.98. The number of hydrogen-bond acceptors (Lipinski definition) is 4. The Bertz CT molecular complexity index is 610. The molecule has 3 rings (SSSR count). The normalized spacial score (nSPS) is 17.0. The van der Waals surface area contributed by atoms with Gasteiger partial charge >= 0.3 is 0 Å². The monoisotopic (exact) mass is 313 g/mol. The Hall–Kier alpha value is -1.65. The molecule has 0 N–H and O–H groups in total. The van der Waals surface area contributed by atoms with Gasteiger partial charge in [0.15, 0.2) is 0 Å². The van der Waals surface area contributed by atoms with E-state index in [1.54, 1.807) is 6.26 Å². The molecule has 0 amide bonds. The van der Waals surface area contributed by atoms with Crippen LogP contribution < -0.4 is 0 Å². The molecule has 0 atom stereocenters. The number of piperidine rings is 1. The van der Waals surface area contributed by atoms with Crippen molar-refractivity contribution in [3.8, 4) is 11.5 Å². The third kappa shape index (κ3) is 4.43. The highest BCUT2D eigenvalue weighted by Crippen LogP contribution is 2.22. The molecule has 0 saturated carbocycles. The van der Waals surface area contributed by atoms with E-state index in [2.05, 4.69) is 60.1 Å². The summed E-state index contributed by atoms with van der Waals surface area (Å²) >= 11 is 0. The van der Waals surface area contributed by atoms with Crippen LogP contribution in [-0.2, 0) is 6.54 Å². The van der Waals surface area contributed by atoms with Crippen LogP contribution in [0.2, 0.25) is 0 Å². The van der Waals surface area contributed by atoms with Gasteiger partial charge in [-0.1, -0.05) is 17.7 Å². The summed E-state index contributed by atoms with van der Waals surface area (Å²) in [6.07, 6.45) is 4.36. The standard InChI is InChI=1S/C19H27N3O/c1-15-4-6-17(7-5-15)19-20-18(14-23-19)13-22-10-8-16(9-11-22)12-21(2)3/h4-7,14,16H,8-13H2,1-3H3. The predicted octanol–water partition coefficient (Wildman–Crippen LogP) is 3.42. The quantitative estimate of drug-likeness (QED) is 0.846. The van der Waals surface area contributed by atoms with Crippen molar-refractivity contribution >= 4 is 0 Å². The highest BCUT2D eigenvalue weighted by molar-refractivity contribution is 5.53. The molecule has 1 saturated heterocycles. The van der Waals surface area contributed by atoms with E-state index in [0.29, 0.717) is 0 Å². The molecule has 23 heavy (non-hydrogen) atoms. The van der Waals surface area contributed by atoms with Gasteiger partial charge in [-0.2, -0.15) is 0 Å². The van der Waals surface area contributed by atoms with Gasteiger partial charge in [-0.3, -0.25) is 4.90 Å². The van der Waals surface area contributed by atoms with Gasteiger partial charge in [0.1, 0.15) is 6.26 Å². The molecule has 0 spiro atoms. The highest BCUT2D eigenvalue weighted by Gasteiger charge is 2.20. The van der Waals surface area contributed by atoms with E-state index in [4.69, 9.17) is 4.42 Å². The summed E-state index contributed by atoms with van der Waals surface area (Å²) in [5.41, 5.74) is 3.33. The van der Waals surface area contributed by atoms with Gasteiger partial charge in [-0.05, 0) is 65.0 Å². The van der Waals surface area contributed by atoms with Gasteiger partial charge in [-0.15, -0.1) is 0 Å². The lowest BCUT2D eigenvalue weighted by Crippen LogP contribution is -2.36. The second-order valence-electron chi connectivity index (χ2n) is 6.99. The minimum Gasteiger partial charge on any atom is -0.444 e. The van der Waals surface area contributed by atoms with Gasteiger partial charge < -0.3 is 9.32 Å². The molecule has 1 aromatic carbocycles. The number of aryl methyl sites for hydroxylation is 1. The van der Waals surface area contributed by atoms with E-state index in [9.17, 15) is 0 Å². The Morgan fingerprint density at radius 3 is 2.52 bits per heavy atom. The van der Waals surface area contributed by atoms with Crippen LogP contribution in [0.5, 0.6) is 0 Å². The smallest absolute Gasteiger partial charge is 0.226 e. The fraction of sp³-hybridized carbons (Fsp3) is 0.526. The van der Waals surface area contributed by atoms with Gasteiger partial charge in [0, 0.05) is 18.7 Å². The SMILES string of the molecule is Cc1ccc(-c2nc(CN3CCC(CN(C)C)CC3)co2)cc1. The number of hydrogen-bond donors (Lipinski definition) is 0. The van der Waals surface area contributed by atoms with E-state index in [-0.39, 0.29) is 0 Å². The van der Waals surface area contributed by atoms with E-state index < -0.39 is 0 Å². The van der Waals surface area contributed by atoms with Crippen LogP contribution >= 0.6 is 0 Å². The molecule has 4 heteroatoms. The lowest BCUT2D eigenvalue weighted by Gasteiger charge is -2.32. The summed E-state index contributed by atoms with van der Waals surface area (Å²) in [6.45, 7) is 6.50. The maximum atomic E-state index is 5.66. The van der Waals surface area contributed by atoms with E-state index in [1.807, 2.05) is 0 Å². The minimum atomic E-state index is 0.725. The van der Waals surface area contributed by atoms with Crippen molar-refractivity contribution in [1.82, 2.24) is 14.8 Å². The molecular formula is C19H27N3O. The summed E-state index contributed by atoms with van der Waals surface area (Å²) < 4.78 is 5.66. The fourth-order valence-electron chi connectivity index (χ4n) is 3.28. The topological polar surface area (TPSA) is 32.5 Å². The van der Waals surface area contributed by atoms with Crippen LogP contribution in [0.15, 0.2) is 34.9 Å². The number of aromatic nitrogens is 1. The number of likely N-dealkylation sites (tertiary alicyclic amines) is 1. The highest BCUT2D eigenvalue weighted by atomic mass is 16.3. The summed E-state index contributed by atoms with van der Waals surface area (Å²) in [6, 6.07) is 8.32. The number of nitrogens with zero attached hydrogens (tertiary/aromatic N) is 3. The van der Waals surface area contributed by atoms with Crippen LogP contribution in [0.1, 0.15) is 24.1 Å². The molecule has 0 aliphatic carbocycles. The molecule has 0 unspecified atom stereocenters. The summed E-state index contributed by atoms with van der Waals surface area (Å²) in [5, 5.41) is 0. The first-order valence-corrected chi connectivity index (χ1v) is 8.48. The van der Waals surface area contributed by atoms with Crippen molar-refractivity contribution in [1.29, 1.82) is 0 Å². The first-order valence-electron chi connectivity index (χ1n) is 8.48. The molecule has 4 nitrogen and oxygen atoms in total. The Morgan fingerprint density at radius 1 is 1.17 bits per heavy atom. The molecule has 2 aromatic rings. The Balaban J connectivity index is 1.55.